The van der Waals surface area contributed by atoms with Gasteiger partial charge in [-0.3, -0.25) is 9.48 Å². The normalized spacial score (nSPS) is 15.9. The highest BCUT2D eigenvalue weighted by Gasteiger charge is 2.32. The lowest BCUT2D eigenvalue weighted by atomic mass is 9.86. The second-order valence-corrected chi connectivity index (χ2v) is 7.16. The molecule has 0 saturated carbocycles. The Hall–Kier alpha value is -3.74. The van der Waals surface area contributed by atoms with Gasteiger partial charge < -0.3 is 9.32 Å². The molecular weight excluding hydrogens is 366 g/mol. The first-order valence-corrected chi connectivity index (χ1v) is 9.43. The number of hydrogen-bond acceptors (Lipinski definition) is 5. The molecule has 0 bridgehead atoms. The lowest BCUT2D eigenvalue weighted by Crippen LogP contribution is -2.38. The van der Waals surface area contributed by atoms with Crippen molar-refractivity contribution in [1.82, 2.24) is 24.9 Å². The molecule has 2 aromatic heterocycles. The van der Waals surface area contributed by atoms with Crippen molar-refractivity contribution in [3.05, 3.63) is 89.6 Å². The van der Waals surface area contributed by atoms with Crippen LogP contribution in [0.15, 0.2) is 71.4 Å². The molecule has 29 heavy (non-hydrogen) atoms. The summed E-state index contributed by atoms with van der Waals surface area (Å²) in [6, 6.07) is 17.6. The van der Waals surface area contributed by atoms with Crippen molar-refractivity contribution in [3.63, 3.8) is 0 Å². The number of fused-ring (bicyclic) bond motifs is 1. The van der Waals surface area contributed by atoms with E-state index in [0.717, 1.165) is 16.7 Å². The molecule has 0 fully saturated rings. The van der Waals surface area contributed by atoms with Crippen LogP contribution < -0.4 is 0 Å². The smallest absolute Gasteiger partial charge is 0.311 e. The predicted molar refractivity (Wildman–Crippen MR) is 106 cm³/mol. The van der Waals surface area contributed by atoms with Gasteiger partial charge in [-0.1, -0.05) is 42.5 Å². The standard InChI is InChI=1S/C22H19N5O2/c1-26-12-17(11-23-26)19-14-27(13-16-9-5-6-10-18(16)19)22(28)21-25-24-20(29-21)15-7-3-2-4-8-15/h2-12,19H,13-14H2,1H3. The van der Waals surface area contributed by atoms with E-state index < -0.39 is 0 Å². The van der Waals surface area contributed by atoms with Gasteiger partial charge in [0.15, 0.2) is 0 Å². The van der Waals surface area contributed by atoms with E-state index >= 15 is 0 Å². The van der Waals surface area contributed by atoms with E-state index in [1.165, 1.54) is 5.56 Å². The zero-order valence-corrected chi connectivity index (χ0v) is 15.9. The summed E-state index contributed by atoms with van der Waals surface area (Å²) >= 11 is 0. The van der Waals surface area contributed by atoms with Crippen molar-refractivity contribution in [2.24, 2.45) is 7.05 Å². The number of aromatic nitrogens is 4. The summed E-state index contributed by atoms with van der Waals surface area (Å²) in [4.78, 5) is 14.9. The first-order valence-electron chi connectivity index (χ1n) is 9.43. The molecule has 5 rings (SSSR count). The summed E-state index contributed by atoms with van der Waals surface area (Å²) in [5, 5.41) is 12.4. The van der Waals surface area contributed by atoms with Crippen molar-refractivity contribution in [1.29, 1.82) is 0 Å². The minimum atomic E-state index is -0.261. The van der Waals surface area contributed by atoms with Crippen LogP contribution in [0.25, 0.3) is 11.5 Å². The summed E-state index contributed by atoms with van der Waals surface area (Å²) < 4.78 is 7.47. The zero-order chi connectivity index (χ0) is 19.8. The number of carbonyl (C=O) groups excluding carboxylic acids is 1. The van der Waals surface area contributed by atoms with Crippen LogP contribution >= 0.6 is 0 Å². The first kappa shape index (κ1) is 17.4. The maximum atomic E-state index is 13.1. The SMILES string of the molecule is Cn1cc(C2CN(C(=O)c3nnc(-c4ccccc4)o3)Cc3ccccc32)cn1. The number of rotatable bonds is 3. The van der Waals surface area contributed by atoms with Crippen LogP contribution in [0.5, 0.6) is 0 Å². The van der Waals surface area contributed by atoms with Gasteiger partial charge in [0.25, 0.3) is 0 Å². The lowest BCUT2D eigenvalue weighted by Gasteiger charge is -2.33. The molecule has 1 unspecified atom stereocenters. The highest BCUT2D eigenvalue weighted by Crippen LogP contribution is 2.34. The summed E-state index contributed by atoms with van der Waals surface area (Å²) in [7, 11) is 1.89. The Morgan fingerprint density at radius 1 is 1.07 bits per heavy atom. The quantitative estimate of drug-likeness (QED) is 0.541. The second kappa shape index (κ2) is 7.01. The highest BCUT2D eigenvalue weighted by atomic mass is 16.4. The van der Waals surface area contributed by atoms with Gasteiger partial charge in [-0.15, -0.1) is 10.2 Å². The van der Waals surface area contributed by atoms with Crippen molar-refractivity contribution < 1.29 is 9.21 Å². The molecule has 1 amide bonds. The lowest BCUT2D eigenvalue weighted by molar-refractivity contribution is 0.0685. The minimum absolute atomic E-state index is 0.00757. The third kappa shape index (κ3) is 3.20. The van der Waals surface area contributed by atoms with Gasteiger partial charge in [0.2, 0.25) is 5.89 Å². The third-order valence-corrected chi connectivity index (χ3v) is 5.24. The molecule has 0 aliphatic carbocycles. The second-order valence-electron chi connectivity index (χ2n) is 7.16. The molecule has 144 valence electrons. The maximum Gasteiger partial charge on any atom is 0.311 e. The highest BCUT2D eigenvalue weighted by molar-refractivity contribution is 5.90. The molecule has 2 aromatic carbocycles. The third-order valence-electron chi connectivity index (χ3n) is 5.24. The molecule has 1 aliphatic rings. The molecule has 7 heteroatoms. The van der Waals surface area contributed by atoms with Crippen LogP contribution in [0.2, 0.25) is 0 Å². The largest absolute Gasteiger partial charge is 0.412 e. The van der Waals surface area contributed by atoms with Gasteiger partial charge in [-0.25, -0.2) is 0 Å². The van der Waals surface area contributed by atoms with E-state index in [9.17, 15) is 4.79 Å². The fourth-order valence-corrected chi connectivity index (χ4v) is 3.81. The topological polar surface area (TPSA) is 77.0 Å². The molecule has 0 saturated heterocycles. The Morgan fingerprint density at radius 3 is 2.66 bits per heavy atom. The van der Waals surface area contributed by atoms with E-state index in [-0.39, 0.29) is 17.7 Å². The van der Waals surface area contributed by atoms with E-state index in [2.05, 4.69) is 27.4 Å². The van der Waals surface area contributed by atoms with Crippen LogP contribution in [0.4, 0.5) is 0 Å². The average Bonchev–Trinajstić information content (AvgIpc) is 3.42. The predicted octanol–water partition coefficient (Wildman–Crippen LogP) is 3.26. The van der Waals surface area contributed by atoms with Crippen molar-refractivity contribution in [2.45, 2.75) is 12.5 Å². The summed E-state index contributed by atoms with van der Waals surface area (Å²) in [6.07, 6.45) is 3.85. The van der Waals surface area contributed by atoms with Gasteiger partial charge >= 0.3 is 11.8 Å². The summed E-state index contributed by atoms with van der Waals surface area (Å²) in [5.74, 6) is 0.139. The van der Waals surface area contributed by atoms with Gasteiger partial charge in [0, 0.05) is 37.8 Å². The van der Waals surface area contributed by atoms with Gasteiger partial charge in [0.05, 0.1) is 6.20 Å². The molecule has 0 spiro atoms. The Morgan fingerprint density at radius 2 is 1.86 bits per heavy atom. The van der Waals surface area contributed by atoms with Crippen molar-refractivity contribution in [3.8, 4) is 11.5 Å². The molecule has 3 heterocycles. The van der Waals surface area contributed by atoms with E-state index in [0.29, 0.717) is 19.0 Å². The number of nitrogens with zero attached hydrogens (tertiary/aromatic N) is 5. The minimum Gasteiger partial charge on any atom is -0.412 e. The molecular formula is C22H19N5O2. The van der Waals surface area contributed by atoms with E-state index in [1.807, 2.05) is 61.9 Å². The van der Waals surface area contributed by atoms with E-state index in [4.69, 9.17) is 4.42 Å². The Kier molecular flexibility index (Phi) is 4.20. The van der Waals surface area contributed by atoms with Crippen molar-refractivity contribution in [2.75, 3.05) is 6.54 Å². The number of carbonyl (C=O) groups is 1. The number of aryl methyl sites for hydroxylation is 1. The number of hydrogen-bond donors (Lipinski definition) is 0. The maximum absolute atomic E-state index is 13.1. The van der Waals surface area contributed by atoms with Crippen LogP contribution in [0, 0.1) is 0 Å². The molecule has 0 N–H and O–H groups in total. The zero-order valence-electron chi connectivity index (χ0n) is 15.9. The van der Waals surface area contributed by atoms with Crippen LogP contribution in [0.3, 0.4) is 0 Å². The molecule has 1 aliphatic heterocycles. The Labute approximate surface area is 167 Å². The fourth-order valence-electron chi connectivity index (χ4n) is 3.81. The van der Waals surface area contributed by atoms with Crippen LogP contribution in [-0.2, 0) is 13.6 Å². The Balaban J connectivity index is 1.46. The monoisotopic (exact) mass is 385 g/mol. The Bertz CT molecular complexity index is 1160. The van der Waals surface area contributed by atoms with Crippen LogP contribution in [0.1, 0.15) is 33.3 Å². The molecule has 4 aromatic rings. The number of amides is 1. The van der Waals surface area contributed by atoms with Gasteiger partial charge in [0.1, 0.15) is 0 Å². The molecule has 0 radical (unpaired) electrons. The van der Waals surface area contributed by atoms with Gasteiger partial charge in [-0.05, 0) is 28.8 Å². The first-order chi connectivity index (χ1) is 14.2. The summed E-state index contributed by atoms with van der Waals surface area (Å²) in [6.45, 7) is 1.04. The van der Waals surface area contributed by atoms with Gasteiger partial charge in [-0.2, -0.15) is 5.10 Å². The molecule has 7 nitrogen and oxygen atoms in total. The number of benzene rings is 2. The summed E-state index contributed by atoms with van der Waals surface area (Å²) in [5.41, 5.74) is 4.20. The van der Waals surface area contributed by atoms with E-state index in [1.54, 1.807) is 9.58 Å². The molecule has 1 atom stereocenters. The fraction of sp³-hybridized carbons (Fsp3) is 0.182. The van der Waals surface area contributed by atoms with Crippen molar-refractivity contribution >= 4 is 5.91 Å². The average molecular weight is 385 g/mol. The van der Waals surface area contributed by atoms with Crippen LogP contribution in [-0.4, -0.2) is 37.3 Å².